The molecular weight excluding hydrogens is 192 g/mol. The van der Waals surface area contributed by atoms with Gasteiger partial charge in [-0.2, -0.15) is 0 Å². The summed E-state index contributed by atoms with van der Waals surface area (Å²) < 4.78 is 5.31. The van der Waals surface area contributed by atoms with Crippen molar-refractivity contribution < 1.29 is 4.74 Å². The van der Waals surface area contributed by atoms with Crippen LogP contribution < -0.4 is 0 Å². The fourth-order valence-electron chi connectivity index (χ4n) is 1.91. The fourth-order valence-corrected chi connectivity index (χ4v) is 1.91. The topological polar surface area (TPSA) is 50.6 Å². The van der Waals surface area contributed by atoms with Gasteiger partial charge in [0.25, 0.3) is 0 Å². The van der Waals surface area contributed by atoms with E-state index in [1.165, 1.54) is 0 Å². The summed E-state index contributed by atoms with van der Waals surface area (Å²) in [6.45, 7) is 3.45. The summed E-state index contributed by atoms with van der Waals surface area (Å²) >= 11 is 0. The summed E-state index contributed by atoms with van der Waals surface area (Å²) in [7, 11) is 0. The van der Waals surface area contributed by atoms with Crippen LogP contribution >= 0.6 is 0 Å². The van der Waals surface area contributed by atoms with Crippen LogP contribution in [0.1, 0.15) is 5.56 Å². The minimum absolute atomic E-state index is 0.793. The Morgan fingerprint density at radius 2 is 2.13 bits per heavy atom. The first-order valence-corrected chi connectivity index (χ1v) is 5.12. The molecule has 0 unspecified atom stereocenters. The third-order valence-electron chi connectivity index (χ3n) is 2.72. The molecule has 0 aliphatic carbocycles. The van der Waals surface area contributed by atoms with Crippen LogP contribution in [0.15, 0.2) is 17.5 Å². The largest absolute Gasteiger partial charge is 0.378 e. The molecule has 0 aromatic carbocycles. The van der Waals surface area contributed by atoms with Crippen LogP contribution in [-0.4, -0.2) is 47.0 Å². The van der Waals surface area contributed by atoms with Gasteiger partial charge in [0.1, 0.15) is 12.2 Å². The molecule has 1 aromatic heterocycles. The summed E-state index contributed by atoms with van der Waals surface area (Å²) in [6.07, 6.45) is 4.25. The Morgan fingerprint density at radius 1 is 1.27 bits per heavy atom. The summed E-state index contributed by atoms with van der Waals surface area (Å²) in [5.74, 6) is 1.93. The first-order chi connectivity index (χ1) is 7.43. The molecule has 3 heterocycles. The Hall–Kier alpha value is -1.49. The van der Waals surface area contributed by atoms with E-state index < -0.39 is 0 Å². The second kappa shape index (κ2) is 3.58. The molecule has 1 fully saturated rings. The number of aliphatic imine (C=N–C) groups is 1. The molecule has 1 saturated heterocycles. The van der Waals surface area contributed by atoms with E-state index in [2.05, 4.69) is 19.9 Å². The molecule has 5 heteroatoms. The summed E-state index contributed by atoms with van der Waals surface area (Å²) in [4.78, 5) is 14.9. The van der Waals surface area contributed by atoms with Gasteiger partial charge in [-0.05, 0) is 0 Å². The number of rotatable bonds is 0. The number of nitrogens with zero attached hydrogens (tertiary/aromatic N) is 4. The number of aromatic nitrogens is 2. The maximum absolute atomic E-state index is 5.31. The van der Waals surface area contributed by atoms with Gasteiger partial charge in [0.05, 0.1) is 13.2 Å². The van der Waals surface area contributed by atoms with E-state index in [1.54, 1.807) is 6.33 Å². The number of amidine groups is 1. The number of ether oxygens (including phenoxy) is 1. The van der Waals surface area contributed by atoms with E-state index in [4.69, 9.17) is 4.74 Å². The third kappa shape index (κ3) is 1.59. The van der Waals surface area contributed by atoms with Crippen LogP contribution in [0.5, 0.6) is 0 Å². The van der Waals surface area contributed by atoms with E-state index in [0.29, 0.717) is 0 Å². The Labute approximate surface area is 87.8 Å². The van der Waals surface area contributed by atoms with Crippen molar-refractivity contribution in [1.82, 2.24) is 14.9 Å². The van der Waals surface area contributed by atoms with Crippen molar-refractivity contribution in [3.63, 3.8) is 0 Å². The lowest BCUT2D eigenvalue weighted by Gasteiger charge is -2.28. The summed E-state index contributed by atoms with van der Waals surface area (Å²) in [6, 6.07) is 0. The quantitative estimate of drug-likeness (QED) is 0.613. The van der Waals surface area contributed by atoms with E-state index in [0.717, 1.165) is 49.9 Å². The molecule has 3 rings (SSSR count). The van der Waals surface area contributed by atoms with E-state index in [9.17, 15) is 0 Å². The van der Waals surface area contributed by atoms with Crippen molar-refractivity contribution in [2.24, 2.45) is 4.99 Å². The zero-order chi connectivity index (χ0) is 10.1. The minimum atomic E-state index is 0.793. The van der Waals surface area contributed by atoms with Gasteiger partial charge in [0.15, 0.2) is 5.82 Å². The number of fused-ring (bicyclic) bond motifs is 1. The monoisotopic (exact) mass is 204 g/mol. The molecular formula is C10H12N4O. The second-order valence-electron chi connectivity index (χ2n) is 3.68. The van der Waals surface area contributed by atoms with Crippen molar-refractivity contribution in [1.29, 1.82) is 0 Å². The molecule has 0 N–H and O–H groups in total. The number of hydrogen-bond donors (Lipinski definition) is 0. The second-order valence-corrected chi connectivity index (χ2v) is 3.68. The van der Waals surface area contributed by atoms with E-state index >= 15 is 0 Å². The van der Waals surface area contributed by atoms with Crippen LogP contribution in [0.2, 0.25) is 0 Å². The average Bonchev–Trinajstić information content (AvgIpc) is 2.74. The van der Waals surface area contributed by atoms with Crippen molar-refractivity contribution >= 4 is 11.7 Å². The Kier molecular flexibility index (Phi) is 2.10. The number of morpholine rings is 1. The van der Waals surface area contributed by atoms with Crippen LogP contribution in [0.25, 0.3) is 0 Å². The van der Waals surface area contributed by atoms with Crippen molar-refractivity contribution in [3.05, 3.63) is 18.1 Å². The van der Waals surface area contributed by atoms with Gasteiger partial charge in [-0.3, -0.25) is 0 Å². The lowest BCUT2D eigenvalue weighted by atomic mass is 10.2. The molecule has 15 heavy (non-hydrogen) atoms. The first-order valence-electron chi connectivity index (χ1n) is 5.12. The van der Waals surface area contributed by atoms with Crippen molar-refractivity contribution in [3.8, 4) is 0 Å². The molecule has 0 radical (unpaired) electrons. The molecule has 0 spiro atoms. The van der Waals surface area contributed by atoms with Crippen molar-refractivity contribution in [2.75, 3.05) is 26.3 Å². The molecule has 1 aromatic rings. The Morgan fingerprint density at radius 3 is 2.93 bits per heavy atom. The minimum Gasteiger partial charge on any atom is -0.378 e. The first kappa shape index (κ1) is 8.79. The van der Waals surface area contributed by atoms with Crippen molar-refractivity contribution in [2.45, 2.75) is 6.42 Å². The van der Waals surface area contributed by atoms with Gasteiger partial charge in [-0.25, -0.2) is 15.0 Å². The highest BCUT2D eigenvalue weighted by atomic mass is 16.5. The molecule has 2 aliphatic rings. The highest BCUT2D eigenvalue weighted by molar-refractivity contribution is 5.91. The zero-order valence-corrected chi connectivity index (χ0v) is 8.39. The van der Waals surface area contributed by atoms with E-state index in [1.807, 2.05) is 6.20 Å². The van der Waals surface area contributed by atoms with E-state index in [-0.39, 0.29) is 0 Å². The van der Waals surface area contributed by atoms with Gasteiger partial charge >= 0.3 is 0 Å². The molecule has 0 amide bonds. The third-order valence-corrected chi connectivity index (χ3v) is 2.72. The van der Waals surface area contributed by atoms with Crippen LogP contribution in [-0.2, 0) is 11.2 Å². The van der Waals surface area contributed by atoms with Gasteiger partial charge < -0.3 is 9.64 Å². The zero-order valence-electron chi connectivity index (χ0n) is 8.39. The lowest BCUT2D eigenvalue weighted by Crippen LogP contribution is -2.40. The predicted molar refractivity (Wildman–Crippen MR) is 55.2 cm³/mol. The highest BCUT2D eigenvalue weighted by Gasteiger charge is 2.22. The summed E-state index contributed by atoms with van der Waals surface area (Å²) in [5, 5.41) is 0. The molecule has 0 atom stereocenters. The van der Waals surface area contributed by atoms with Gasteiger partial charge in [-0.1, -0.05) is 0 Å². The summed E-state index contributed by atoms with van der Waals surface area (Å²) in [5.41, 5.74) is 1.12. The number of hydrogen-bond acceptors (Lipinski definition) is 5. The maximum atomic E-state index is 5.31. The molecule has 0 bridgehead atoms. The predicted octanol–water partition coefficient (Wildman–Crippen LogP) is 0.395. The van der Waals surface area contributed by atoms with Crippen LogP contribution in [0.4, 0.5) is 5.82 Å². The molecule has 78 valence electrons. The molecule has 2 aliphatic heterocycles. The smallest absolute Gasteiger partial charge is 0.160 e. The maximum Gasteiger partial charge on any atom is 0.160 e. The standard InChI is InChI=1S/C10H12N4O/c1-3-15-4-2-14(1)9-5-8-6-11-7-12-10(8)13-9/h6-7H,1-5H2. The van der Waals surface area contributed by atoms with Gasteiger partial charge in [-0.15, -0.1) is 0 Å². The van der Waals surface area contributed by atoms with Gasteiger partial charge in [0, 0.05) is 31.3 Å². The highest BCUT2D eigenvalue weighted by Crippen LogP contribution is 2.23. The fraction of sp³-hybridized carbons (Fsp3) is 0.500. The average molecular weight is 204 g/mol. The lowest BCUT2D eigenvalue weighted by molar-refractivity contribution is 0.0675. The normalized spacial score (nSPS) is 20.0. The van der Waals surface area contributed by atoms with Crippen LogP contribution in [0.3, 0.4) is 0 Å². The van der Waals surface area contributed by atoms with Gasteiger partial charge in [0.2, 0.25) is 0 Å². The molecule has 0 saturated carbocycles. The SMILES string of the molecule is c1ncc2c(n1)N=C(N1CCOCC1)C2. The Bertz CT molecular complexity index is 398. The molecule has 5 nitrogen and oxygen atoms in total. The Balaban J connectivity index is 1.81. The van der Waals surface area contributed by atoms with Crippen LogP contribution in [0, 0.1) is 0 Å².